The number of carbonyl (C=O) groups excluding carboxylic acids is 1. The van der Waals surface area contributed by atoms with E-state index >= 15 is 0 Å². The summed E-state index contributed by atoms with van der Waals surface area (Å²) in [6, 6.07) is 3.45. The maximum absolute atomic E-state index is 13.8. The van der Waals surface area contributed by atoms with Crippen molar-refractivity contribution in [2.45, 2.75) is 70.0 Å². The van der Waals surface area contributed by atoms with Crippen LogP contribution < -0.4 is 19.1 Å². The van der Waals surface area contributed by atoms with Gasteiger partial charge in [-0.2, -0.15) is 22.0 Å². The smallest absolute Gasteiger partial charge is 0.427 e. The Balaban J connectivity index is 2.05. The van der Waals surface area contributed by atoms with Gasteiger partial charge in [0.1, 0.15) is 11.9 Å². The van der Waals surface area contributed by atoms with Crippen LogP contribution in [0, 0.1) is 5.92 Å². The number of anilines is 2. The van der Waals surface area contributed by atoms with Crippen molar-refractivity contribution in [2.75, 3.05) is 16.2 Å². The summed E-state index contributed by atoms with van der Waals surface area (Å²) >= 11 is 0. The monoisotopic (exact) mass is 614 g/mol. The molecule has 1 aliphatic heterocycles. The largest absolute Gasteiger partial charge is 0.486 e. The quantitative estimate of drug-likeness (QED) is 0.370. The summed E-state index contributed by atoms with van der Waals surface area (Å²) in [5.74, 6) is -3.13. The van der Waals surface area contributed by atoms with E-state index in [2.05, 4.69) is 19.9 Å². The third-order valence-electron chi connectivity index (χ3n) is 5.99. The first-order valence-corrected chi connectivity index (χ1v) is 13.4. The number of aromatic nitrogens is 2. The fourth-order valence-electron chi connectivity index (χ4n) is 3.68. The zero-order valence-electron chi connectivity index (χ0n) is 22.1. The third-order valence-corrected chi connectivity index (χ3v) is 7.76. The van der Waals surface area contributed by atoms with E-state index in [4.69, 9.17) is 4.74 Å². The molecule has 0 saturated heterocycles. The van der Waals surface area contributed by atoms with Crippen LogP contribution in [0.1, 0.15) is 34.1 Å². The van der Waals surface area contributed by atoms with Crippen molar-refractivity contribution >= 4 is 33.5 Å². The van der Waals surface area contributed by atoms with Crippen LogP contribution in [0.3, 0.4) is 0 Å². The third kappa shape index (κ3) is 7.09. The van der Waals surface area contributed by atoms with Gasteiger partial charge in [0.15, 0.2) is 4.90 Å². The number of benzene rings is 1. The van der Waals surface area contributed by atoms with Gasteiger partial charge in [0, 0.05) is 18.4 Å². The Labute approximate surface area is 231 Å². The molecule has 0 spiro atoms. The fourth-order valence-corrected chi connectivity index (χ4v) is 5.24. The molecule has 41 heavy (non-hydrogen) atoms. The Morgan fingerprint density at radius 1 is 1.27 bits per heavy atom. The molecule has 2 N–H and O–H groups in total. The van der Waals surface area contributed by atoms with Gasteiger partial charge < -0.3 is 19.3 Å². The van der Waals surface area contributed by atoms with E-state index in [1.54, 1.807) is 6.92 Å². The molecule has 0 fully saturated rings. The number of nitrogens with one attached hydrogen (secondary N) is 1. The summed E-state index contributed by atoms with van der Waals surface area (Å²) in [5, 5.41) is 15.1. The van der Waals surface area contributed by atoms with Gasteiger partial charge in [-0.25, -0.2) is 13.2 Å². The number of carbonyl (C=O) groups is 2. The zero-order chi connectivity index (χ0) is 30.9. The Hall–Kier alpha value is -3.83. The molecule has 12 nitrogen and oxygen atoms in total. The number of aryl methyl sites for hydroxylation is 1. The minimum atomic E-state index is -4.89. The molecule has 2 aromatic rings. The molecule has 2 heterocycles. The standard InChI is InChI=1S/C23H27F5N4O8S/c1-5-31-11-17(18(30-31)39-20(24)25)41(36,37)32-10-14(8-12(2)19(33)34)38-16-7-6-13(9-15(16)32)29-21(35)40-22(3,4)23(26,27)28/h6-7,9,11-12,14,20H,5,8,10H2,1-4H3,(H,29,35)(H,33,34)/t12-,14+/m1/s1. The number of nitrogens with zero attached hydrogens (tertiary/aromatic N) is 3. The van der Waals surface area contributed by atoms with Crippen LogP contribution in [0.2, 0.25) is 0 Å². The Bertz CT molecular complexity index is 1400. The molecule has 2 atom stereocenters. The van der Waals surface area contributed by atoms with Gasteiger partial charge in [-0.05, 0) is 45.4 Å². The summed E-state index contributed by atoms with van der Waals surface area (Å²) in [4.78, 5) is 22.9. The highest BCUT2D eigenvalue weighted by Gasteiger charge is 2.51. The summed E-state index contributed by atoms with van der Waals surface area (Å²) in [5.41, 5.74) is -3.27. The molecule has 1 aliphatic rings. The number of sulfonamides is 1. The van der Waals surface area contributed by atoms with Crippen molar-refractivity contribution in [1.29, 1.82) is 0 Å². The first kappa shape index (κ1) is 31.7. The van der Waals surface area contributed by atoms with E-state index in [1.807, 2.05) is 0 Å². The van der Waals surface area contributed by atoms with Gasteiger partial charge in [-0.3, -0.25) is 19.1 Å². The highest BCUT2D eigenvalue weighted by atomic mass is 32.2. The van der Waals surface area contributed by atoms with E-state index in [0.717, 1.165) is 21.3 Å². The van der Waals surface area contributed by atoms with Gasteiger partial charge in [-0.1, -0.05) is 6.92 Å². The lowest BCUT2D eigenvalue weighted by Gasteiger charge is -2.36. The first-order valence-electron chi connectivity index (χ1n) is 12.0. The second-order valence-corrected chi connectivity index (χ2v) is 11.3. The first-order chi connectivity index (χ1) is 18.9. The molecule has 228 valence electrons. The number of rotatable bonds is 10. The second kappa shape index (κ2) is 11.6. The molecule has 18 heteroatoms. The van der Waals surface area contributed by atoms with Gasteiger partial charge in [0.25, 0.3) is 15.9 Å². The molecule has 1 aromatic heterocycles. The minimum Gasteiger partial charge on any atom is -0.486 e. The van der Waals surface area contributed by atoms with E-state index < -0.39 is 69.8 Å². The predicted octanol–water partition coefficient (Wildman–Crippen LogP) is 4.46. The van der Waals surface area contributed by atoms with Crippen LogP contribution in [-0.4, -0.2) is 66.4 Å². The molecule has 0 aliphatic carbocycles. The minimum absolute atomic E-state index is 0.0953. The predicted molar refractivity (Wildman–Crippen MR) is 132 cm³/mol. The molecule has 0 saturated carbocycles. The maximum Gasteiger partial charge on any atom is 0.427 e. The number of ether oxygens (including phenoxy) is 3. The number of hydrogen-bond donors (Lipinski definition) is 2. The van der Waals surface area contributed by atoms with Crippen molar-refractivity contribution in [3.63, 3.8) is 0 Å². The van der Waals surface area contributed by atoms with E-state index in [1.165, 1.54) is 19.1 Å². The maximum atomic E-state index is 13.8. The molecule has 0 unspecified atom stereocenters. The molecule has 3 rings (SSSR count). The van der Waals surface area contributed by atoms with Gasteiger partial charge >= 0.3 is 24.9 Å². The summed E-state index contributed by atoms with van der Waals surface area (Å²) in [6.07, 6.45) is -6.57. The molecule has 1 aromatic carbocycles. The number of amides is 1. The van der Waals surface area contributed by atoms with Crippen molar-refractivity contribution in [1.82, 2.24) is 9.78 Å². The molecular weight excluding hydrogens is 587 g/mol. The van der Waals surface area contributed by atoms with Gasteiger partial charge in [0.2, 0.25) is 5.60 Å². The average molecular weight is 615 g/mol. The number of aliphatic carboxylic acids is 1. The fraction of sp³-hybridized carbons (Fsp3) is 0.522. The number of halogens is 5. The lowest BCUT2D eigenvalue weighted by molar-refractivity contribution is -0.242. The SMILES string of the molecule is CCn1cc(S(=O)(=O)N2C[C@H](C[C@@H](C)C(=O)O)Oc3ccc(NC(=O)OC(C)(C)C(F)(F)F)cc32)c(OC(F)F)n1. The number of hydrogen-bond acceptors (Lipinski definition) is 8. The highest BCUT2D eigenvalue weighted by Crippen LogP contribution is 2.41. The number of carboxylic acid groups (broad SMARTS) is 1. The topological polar surface area (TPSA) is 149 Å². The van der Waals surface area contributed by atoms with Crippen molar-refractivity contribution in [3.05, 3.63) is 24.4 Å². The number of fused-ring (bicyclic) bond motifs is 1. The normalized spacial score (nSPS) is 16.5. The van der Waals surface area contributed by atoms with E-state index in [0.29, 0.717) is 13.8 Å². The van der Waals surface area contributed by atoms with Crippen molar-refractivity contribution in [3.8, 4) is 11.6 Å². The lowest BCUT2D eigenvalue weighted by Crippen LogP contribution is -2.45. The Morgan fingerprint density at radius 2 is 1.93 bits per heavy atom. The average Bonchev–Trinajstić information content (AvgIpc) is 3.25. The second-order valence-electron chi connectivity index (χ2n) is 9.49. The van der Waals surface area contributed by atoms with E-state index in [-0.39, 0.29) is 30.1 Å². The van der Waals surface area contributed by atoms with Crippen LogP contribution in [0.15, 0.2) is 29.3 Å². The van der Waals surface area contributed by atoms with Crippen molar-refractivity contribution in [2.24, 2.45) is 5.92 Å². The highest BCUT2D eigenvalue weighted by molar-refractivity contribution is 7.93. The summed E-state index contributed by atoms with van der Waals surface area (Å²) in [7, 11) is -4.75. The summed E-state index contributed by atoms with van der Waals surface area (Å²) < 4.78 is 109. The zero-order valence-corrected chi connectivity index (χ0v) is 22.9. The van der Waals surface area contributed by atoms with Crippen LogP contribution >= 0.6 is 0 Å². The Kier molecular flexibility index (Phi) is 8.95. The van der Waals surface area contributed by atoms with Crippen LogP contribution in [0.4, 0.5) is 38.1 Å². The van der Waals surface area contributed by atoms with Crippen LogP contribution in [0.25, 0.3) is 0 Å². The summed E-state index contributed by atoms with van der Waals surface area (Å²) in [6.45, 7) is 0.407. The number of alkyl halides is 5. The lowest BCUT2D eigenvalue weighted by atomic mass is 10.0. The molecule has 1 amide bonds. The molecule has 0 radical (unpaired) electrons. The van der Waals surface area contributed by atoms with Crippen molar-refractivity contribution < 1.29 is 59.3 Å². The van der Waals surface area contributed by atoms with E-state index in [9.17, 15) is 45.1 Å². The van der Waals surface area contributed by atoms with Crippen LogP contribution in [0.5, 0.6) is 11.6 Å². The molecule has 0 bridgehead atoms. The number of carboxylic acids is 1. The van der Waals surface area contributed by atoms with Gasteiger partial charge in [0.05, 0.1) is 18.2 Å². The Morgan fingerprint density at radius 3 is 2.49 bits per heavy atom. The van der Waals surface area contributed by atoms with Gasteiger partial charge in [-0.15, -0.1) is 5.10 Å². The molecular formula is C23H27F5N4O8S. The van der Waals surface area contributed by atoms with Crippen LogP contribution in [-0.2, 0) is 26.1 Å².